The fourth-order valence-electron chi connectivity index (χ4n) is 6.90. The summed E-state index contributed by atoms with van der Waals surface area (Å²) in [6, 6.07) is 24.3. The van der Waals surface area contributed by atoms with Crippen LogP contribution in [0.5, 0.6) is 5.75 Å². The number of piperidine rings is 1. The normalized spacial score (nSPS) is 14.4. The van der Waals surface area contributed by atoms with Gasteiger partial charge in [-0.25, -0.2) is 14.2 Å². The van der Waals surface area contributed by atoms with Crippen LogP contribution in [0, 0.1) is 0 Å². The first-order valence-electron chi connectivity index (χ1n) is 18.6. The van der Waals surface area contributed by atoms with E-state index >= 15 is 0 Å². The highest BCUT2D eigenvalue weighted by molar-refractivity contribution is 5.80. The van der Waals surface area contributed by atoms with Gasteiger partial charge in [0.2, 0.25) is 0 Å². The number of likely N-dealkylation sites (tertiary alicyclic amines) is 1. The lowest BCUT2D eigenvalue weighted by Crippen LogP contribution is -2.44. The van der Waals surface area contributed by atoms with Crippen LogP contribution in [-0.2, 0) is 25.6 Å². The first-order valence-corrected chi connectivity index (χ1v) is 18.6. The van der Waals surface area contributed by atoms with E-state index in [2.05, 4.69) is 29.2 Å². The molecule has 0 bridgehead atoms. The van der Waals surface area contributed by atoms with Crippen molar-refractivity contribution in [2.24, 2.45) is 0 Å². The number of aromatic nitrogens is 2. The van der Waals surface area contributed by atoms with E-state index in [1.165, 1.54) is 4.57 Å². The molecule has 1 atom stereocenters. The smallest absolute Gasteiger partial charge is 0.332 e. The molecule has 11 nitrogen and oxygen atoms in total. The Morgan fingerprint density at radius 2 is 1.52 bits per heavy atom. The zero-order chi connectivity index (χ0) is 36.9. The van der Waals surface area contributed by atoms with Gasteiger partial charge < -0.3 is 24.2 Å². The summed E-state index contributed by atoms with van der Waals surface area (Å²) in [6.07, 6.45) is 4.66. The molecule has 5 rings (SSSR count). The van der Waals surface area contributed by atoms with Crippen molar-refractivity contribution in [2.75, 3.05) is 32.8 Å². The van der Waals surface area contributed by atoms with Crippen LogP contribution in [0.3, 0.4) is 0 Å². The molecule has 278 valence electrons. The zero-order valence-corrected chi connectivity index (χ0v) is 30.3. The maximum absolute atomic E-state index is 13.8. The van der Waals surface area contributed by atoms with Crippen LogP contribution in [0.15, 0.2) is 88.5 Å². The van der Waals surface area contributed by atoms with Crippen LogP contribution in [0.1, 0.15) is 88.5 Å². The molecule has 1 fully saturated rings. The Kier molecular flexibility index (Phi) is 14.2. The summed E-state index contributed by atoms with van der Waals surface area (Å²) in [4.78, 5) is 53.9. The van der Waals surface area contributed by atoms with E-state index < -0.39 is 23.3 Å². The standard InChI is InChI=1S/C41H51N3O8/c1-3-14-36(40(47)48)44-39(46)34-29-33(51-28-13-19-37(45)50-4-2)20-21-35(34)43(41(44)49)25-12-11-24-42-26-22-32(23-27-42)52-38(30-15-7-5-8-16-30)31-17-9-6-10-18-31/h5-10,15-18,20-21,29,32,36,38H,3-4,11-14,19,22-28H2,1-2H3,(H,47,48). The van der Waals surface area contributed by atoms with E-state index in [9.17, 15) is 24.3 Å². The zero-order valence-electron chi connectivity index (χ0n) is 30.3. The number of carbonyl (C=O) groups excluding carboxylic acids is 1. The molecule has 0 radical (unpaired) electrons. The molecule has 11 heteroatoms. The Morgan fingerprint density at radius 3 is 2.13 bits per heavy atom. The highest BCUT2D eigenvalue weighted by Crippen LogP contribution is 2.30. The summed E-state index contributed by atoms with van der Waals surface area (Å²) in [5.74, 6) is -1.12. The average molecular weight is 714 g/mol. The third kappa shape index (κ3) is 9.98. The van der Waals surface area contributed by atoms with Crippen molar-refractivity contribution in [3.05, 3.63) is 111 Å². The van der Waals surface area contributed by atoms with Crippen molar-refractivity contribution in [1.82, 2.24) is 14.0 Å². The van der Waals surface area contributed by atoms with Crippen molar-refractivity contribution in [3.63, 3.8) is 0 Å². The van der Waals surface area contributed by atoms with Crippen LogP contribution in [0.2, 0.25) is 0 Å². The number of benzene rings is 3. The number of aliphatic carboxylic acids is 1. The van der Waals surface area contributed by atoms with Gasteiger partial charge in [0.15, 0.2) is 0 Å². The monoisotopic (exact) mass is 713 g/mol. The Hall–Kier alpha value is -4.74. The highest BCUT2D eigenvalue weighted by atomic mass is 16.5. The number of aryl methyl sites for hydroxylation is 1. The van der Waals surface area contributed by atoms with Crippen molar-refractivity contribution in [3.8, 4) is 5.75 Å². The number of fused-ring (bicyclic) bond motifs is 1. The number of ether oxygens (including phenoxy) is 3. The molecule has 1 saturated heterocycles. The minimum atomic E-state index is -1.28. The second-order valence-electron chi connectivity index (χ2n) is 13.3. The predicted octanol–water partition coefficient (Wildman–Crippen LogP) is 6.36. The Balaban J connectivity index is 1.23. The number of unbranched alkanes of at least 4 members (excludes halogenated alkanes) is 1. The largest absolute Gasteiger partial charge is 0.494 e. The molecular formula is C41H51N3O8. The van der Waals surface area contributed by atoms with Crippen molar-refractivity contribution < 1.29 is 28.9 Å². The van der Waals surface area contributed by atoms with Crippen molar-refractivity contribution >= 4 is 22.8 Å². The quantitative estimate of drug-likeness (QED) is 0.0872. The van der Waals surface area contributed by atoms with Crippen LogP contribution in [-0.4, -0.2) is 70.0 Å². The Labute approximate surface area is 304 Å². The predicted molar refractivity (Wildman–Crippen MR) is 200 cm³/mol. The number of esters is 1. The Morgan fingerprint density at radius 1 is 0.865 bits per heavy atom. The molecule has 1 N–H and O–H groups in total. The molecule has 1 unspecified atom stereocenters. The van der Waals surface area contributed by atoms with E-state index in [4.69, 9.17) is 14.2 Å². The molecule has 0 aliphatic carbocycles. The lowest BCUT2D eigenvalue weighted by atomic mass is 10.00. The molecule has 1 aromatic heterocycles. The van der Waals surface area contributed by atoms with E-state index in [1.807, 2.05) is 43.3 Å². The van der Waals surface area contributed by atoms with Crippen molar-refractivity contribution in [1.29, 1.82) is 0 Å². The van der Waals surface area contributed by atoms with E-state index in [0.717, 1.165) is 54.6 Å². The number of hydrogen-bond donors (Lipinski definition) is 1. The number of nitrogens with zero attached hydrogens (tertiary/aromatic N) is 3. The third-order valence-corrected chi connectivity index (χ3v) is 9.58. The van der Waals surface area contributed by atoms with E-state index in [-0.39, 0.29) is 43.0 Å². The molecule has 0 spiro atoms. The number of carboxylic acids is 1. The van der Waals surface area contributed by atoms with E-state index in [0.29, 0.717) is 43.7 Å². The Bertz CT molecular complexity index is 1830. The molecule has 0 saturated carbocycles. The maximum Gasteiger partial charge on any atom is 0.332 e. The van der Waals surface area contributed by atoms with Gasteiger partial charge in [-0.2, -0.15) is 0 Å². The summed E-state index contributed by atoms with van der Waals surface area (Å²) in [5.41, 5.74) is 1.45. The van der Waals surface area contributed by atoms with E-state index in [1.54, 1.807) is 25.1 Å². The molecule has 1 aliphatic heterocycles. The molecule has 2 heterocycles. The summed E-state index contributed by atoms with van der Waals surface area (Å²) >= 11 is 0. The summed E-state index contributed by atoms with van der Waals surface area (Å²) in [7, 11) is 0. The van der Waals surface area contributed by atoms with Gasteiger partial charge in [-0.3, -0.25) is 14.2 Å². The lowest BCUT2D eigenvalue weighted by molar-refractivity contribution is -0.143. The van der Waals surface area contributed by atoms with Crippen LogP contribution in [0.25, 0.3) is 10.9 Å². The van der Waals surface area contributed by atoms with Gasteiger partial charge in [0.05, 0.1) is 30.2 Å². The minimum absolute atomic E-state index is 0.118. The van der Waals surface area contributed by atoms with Crippen LogP contribution < -0.4 is 16.0 Å². The molecule has 3 aromatic carbocycles. The maximum atomic E-state index is 13.8. The van der Waals surface area contributed by atoms with Gasteiger partial charge in [-0.15, -0.1) is 0 Å². The summed E-state index contributed by atoms with van der Waals surface area (Å²) < 4.78 is 19.9. The number of hydrogen-bond acceptors (Lipinski definition) is 8. The molecule has 1 aliphatic rings. The summed E-state index contributed by atoms with van der Waals surface area (Å²) in [6.45, 7) is 7.13. The second-order valence-corrected chi connectivity index (χ2v) is 13.3. The van der Waals surface area contributed by atoms with Gasteiger partial charge in [0.25, 0.3) is 5.56 Å². The molecular weight excluding hydrogens is 662 g/mol. The van der Waals surface area contributed by atoms with Gasteiger partial charge in [-0.1, -0.05) is 74.0 Å². The number of rotatable bonds is 19. The number of carboxylic acid groups (broad SMARTS) is 1. The lowest BCUT2D eigenvalue weighted by Gasteiger charge is -2.34. The molecule has 0 amide bonds. The fourth-order valence-corrected chi connectivity index (χ4v) is 6.90. The van der Waals surface area contributed by atoms with Crippen molar-refractivity contribution in [2.45, 2.75) is 90.0 Å². The molecule has 52 heavy (non-hydrogen) atoms. The van der Waals surface area contributed by atoms with Gasteiger partial charge in [0, 0.05) is 26.1 Å². The third-order valence-electron chi connectivity index (χ3n) is 9.58. The highest BCUT2D eigenvalue weighted by Gasteiger charge is 2.27. The van der Waals surface area contributed by atoms with Gasteiger partial charge in [-0.05, 0) is 81.3 Å². The van der Waals surface area contributed by atoms with Crippen LogP contribution >= 0.6 is 0 Å². The summed E-state index contributed by atoms with van der Waals surface area (Å²) in [5, 5.41) is 10.2. The molecule has 4 aromatic rings. The first kappa shape index (κ1) is 38.5. The van der Waals surface area contributed by atoms with Gasteiger partial charge >= 0.3 is 17.6 Å². The fraction of sp³-hybridized carbons (Fsp3) is 0.463. The first-order chi connectivity index (χ1) is 25.3. The van der Waals surface area contributed by atoms with Gasteiger partial charge in [0.1, 0.15) is 17.9 Å². The topological polar surface area (TPSA) is 129 Å². The SMILES string of the molecule is CCCC(C(=O)O)n1c(=O)c2cc(OCCCC(=O)OCC)ccc2n(CCCCN2CCC(OC(c3ccccc3)c3ccccc3)CC2)c1=O. The number of carbonyl (C=O) groups is 2. The second kappa shape index (κ2) is 19.2. The van der Waals surface area contributed by atoms with Crippen LogP contribution in [0.4, 0.5) is 0 Å². The minimum Gasteiger partial charge on any atom is -0.494 e. The average Bonchev–Trinajstić information content (AvgIpc) is 3.16.